The Kier molecular flexibility index (Phi) is 6.65. The van der Waals surface area contributed by atoms with Crippen LogP contribution in [0.1, 0.15) is 73.1 Å². The molecule has 0 radical (unpaired) electrons. The molecule has 0 aliphatic heterocycles. The summed E-state index contributed by atoms with van der Waals surface area (Å²) in [5.74, 6) is 0.943. The van der Waals surface area contributed by atoms with E-state index in [4.69, 9.17) is 4.74 Å². The van der Waals surface area contributed by atoms with Gasteiger partial charge in [0.05, 0.1) is 11.7 Å². The van der Waals surface area contributed by atoms with E-state index >= 15 is 0 Å². The van der Waals surface area contributed by atoms with E-state index in [2.05, 4.69) is 39.9 Å². The van der Waals surface area contributed by atoms with Gasteiger partial charge in [-0.2, -0.15) is 0 Å². The fourth-order valence-electron chi connectivity index (χ4n) is 3.13. The van der Waals surface area contributed by atoms with Gasteiger partial charge in [-0.3, -0.25) is 0 Å². The summed E-state index contributed by atoms with van der Waals surface area (Å²) in [6.07, 6.45) is 8.22. The first kappa shape index (κ1) is 16.0. The van der Waals surface area contributed by atoms with Gasteiger partial charge in [0, 0.05) is 12.6 Å². The molecule has 1 saturated carbocycles. The molecular weight excluding hydrogens is 222 g/mol. The van der Waals surface area contributed by atoms with Crippen LogP contribution in [0.2, 0.25) is 0 Å². The van der Waals surface area contributed by atoms with Crippen molar-refractivity contribution in [1.29, 1.82) is 0 Å². The lowest BCUT2D eigenvalue weighted by Crippen LogP contribution is -2.48. The summed E-state index contributed by atoms with van der Waals surface area (Å²) in [6, 6.07) is 0.547. The van der Waals surface area contributed by atoms with Crippen LogP contribution < -0.4 is 5.32 Å². The van der Waals surface area contributed by atoms with Crippen LogP contribution in [-0.2, 0) is 4.74 Å². The predicted molar refractivity (Wildman–Crippen MR) is 79.0 cm³/mol. The Hall–Kier alpha value is -0.0800. The van der Waals surface area contributed by atoms with Crippen molar-refractivity contribution in [3.05, 3.63) is 0 Å². The van der Waals surface area contributed by atoms with Gasteiger partial charge in [-0.05, 0) is 45.4 Å². The number of rotatable bonds is 7. The summed E-state index contributed by atoms with van der Waals surface area (Å²) in [7, 11) is 0. The van der Waals surface area contributed by atoms with Crippen LogP contribution in [-0.4, -0.2) is 24.3 Å². The molecule has 0 aromatic heterocycles. The van der Waals surface area contributed by atoms with Gasteiger partial charge >= 0.3 is 0 Å². The van der Waals surface area contributed by atoms with Gasteiger partial charge in [0.25, 0.3) is 0 Å². The monoisotopic (exact) mass is 255 g/mol. The van der Waals surface area contributed by atoms with E-state index in [0.29, 0.717) is 12.1 Å². The number of hydrogen-bond donors (Lipinski definition) is 1. The third-order valence-corrected chi connectivity index (χ3v) is 4.03. The molecule has 1 fully saturated rings. The normalized spacial score (nSPS) is 29.2. The smallest absolute Gasteiger partial charge is 0.0810 e. The molecule has 0 bridgehead atoms. The van der Waals surface area contributed by atoms with Gasteiger partial charge in [-0.25, -0.2) is 0 Å². The Balaban J connectivity index is 2.52. The van der Waals surface area contributed by atoms with E-state index in [1.165, 1.54) is 38.5 Å². The van der Waals surface area contributed by atoms with Crippen molar-refractivity contribution >= 4 is 0 Å². The zero-order valence-electron chi connectivity index (χ0n) is 13.1. The van der Waals surface area contributed by atoms with E-state index in [1.54, 1.807) is 0 Å². The molecule has 1 N–H and O–H groups in total. The van der Waals surface area contributed by atoms with Gasteiger partial charge in [0.2, 0.25) is 0 Å². The summed E-state index contributed by atoms with van der Waals surface area (Å²) >= 11 is 0. The lowest BCUT2D eigenvalue weighted by Gasteiger charge is -2.42. The van der Waals surface area contributed by atoms with Crippen molar-refractivity contribution in [3.8, 4) is 0 Å². The highest BCUT2D eigenvalue weighted by molar-refractivity contribution is 4.90. The van der Waals surface area contributed by atoms with Gasteiger partial charge in [0.1, 0.15) is 0 Å². The maximum atomic E-state index is 6.29. The minimum absolute atomic E-state index is 0.0999. The Bertz CT molecular complexity index is 217. The van der Waals surface area contributed by atoms with E-state index in [0.717, 1.165) is 12.5 Å². The largest absolute Gasteiger partial charge is 0.371 e. The molecule has 0 heterocycles. The van der Waals surface area contributed by atoms with Crippen molar-refractivity contribution in [3.63, 3.8) is 0 Å². The second-order valence-corrected chi connectivity index (χ2v) is 6.62. The van der Waals surface area contributed by atoms with Crippen LogP contribution in [0.15, 0.2) is 0 Å². The van der Waals surface area contributed by atoms with Gasteiger partial charge in [-0.15, -0.1) is 0 Å². The molecule has 0 spiro atoms. The van der Waals surface area contributed by atoms with Gasteiger partial charge in [-0.1, -0.05) is 33.6 Å². The predicted octanol–water partition coefficient (Wildman–Crippen LogP) is 4.14. The van der Waals surface area contributed by atoms with Crippen LogP contribution in [0.5, 0.6) is 0 Å². The molecule has 0 amide bonds. The number of nitrogens with one attached hydrogen (secondary N) is 1. The first-order valence-electron chi connectivity index (χ1n) is 7.88. The Morgan fingerprint density at radius 2 is 1.78 bits per heavy atom. The molecule has 2 heteroatoms. The van der Waals surface area contributed by atoms with E-state index in [1.807, 2.05) is 0 Å². The van der Waals surface area contributed by atoms with E-state index in [-0.39, 0.29) is 5.60 Å². The summed E-state index contributed by atoms with van der Waals surface area (Å²) in [5, 5.41) is 3.58. The second-order valence-electron chi connectivity index (χ2n) is 6.62. The zero-order chi connectivity index (χ0) is 13.6. The number of ether oxygens (including phenoxy) is 1. The van der Waals surface area contributed by atoms with Crippen LogP contribution in [0.3, 0.4) is 0 Å². The summed E-state index contributed by atoms with van der Waals surface area (Å²) in [4.78, 5) is 0. The van der Waals surface area contributed by atoms with Crippen LogP contribution in [0.25, 0.3) is 0 Å². The molecule has 0 unspecified atom stereocenters. The maximum Gasteiger partial charge on any atom is 0.0810 e. The topological polar surface area (TPSA) is 21.3 Å². The first-order valence-corrected chi connectivity index (χ1v) is 7.88. The fourth-order valence-corrected chi connectivity index (χ4v) is 3.13. The van der Waals surface area contributed by atoms with Gasteiger partial charge < -0.3 is 10.1 Å². The molecule has 0 saturated heterocycles. The van der Waals surface area contributed by atoms with Crippen molar-refractivity contribution in [2.75, 3.05) is 6.54 Å². The maximum absolute atomic E-state index is 6.29. The lowest BCUT2D eigenvalue weighted by atomic mass is 9.77. The molecule has 0 atom stereocenters. The SMILES string of the molecule is CCCC1CCC(CNC(C)C)(OC(C)C)CC1. The molecular formula is C16H33NO. The summed E-state index contributed by atoms with van der Waals surface area (Å²) in [5.41, 5.74) is 0.0999. The standard InChI is InChI=1S/C16H33NO/c1-6-7-15-8-10-16(11-9-15,18-14(4)5)12-17-13(2)3/h13-15,17H,6-12H2,1-5H3. The van der Waals surface area contributed by atoms with Gasteiger partial charge in [0.15, 0.2) is 0 Å². The van der Waals surface area contributed by atoms with Crippen molar-refractivity contribution in [2.45, 2.75) is 90.9 Å². The molecule has 0 aromatic carbocycles. The molecule has 1 aliphatic rings. The third-order valence-electron chi connectivity index (χ3n) is 4.03. The Morgan fingerprint density at radius 3 is 2.22 bits per heavy atom. The second kappa shape index (κ2) is 7.49. The third kappa shape index (κ3) is 5.27. The molecule has 1 aliphatic carbocycles. The van der Waals surface area contributed by atoms with Crippen molar-refractivity contribution in [2.24, 2.45) is 5.92 Å². The van der Waals surface area contributed by atoms with E-state index in [9.17, 15) is 0 Å². The quantitative estimate of drug-likeness (QED) is 0.738. The average molecular weight is 255 g/mol. The van der Waals surface area contributed by atoms with Crippen molar-refractivity contribution < 1.29 is 4.74 Å². The van der Waals surface area contributed by atoms with Crippen molar-refractivity contribution in [1.82, 2.24) is 5.32 Å². The first-order chi connectivity index (χ1) is 8.47. The summed E-state index contributed by atoms with van der Waals surface area (Å²) < 4.78 is 6.29. The minimum atomic E-state index is 0.0999. The van der Waals surface area contributed by atoms with Crippen LogP contribution in [0, 0.1) is 5.92 Å². The highest BCUT2D eigenvalue weighted by atomic mass is 16.5. The van der Waals surface area contributed by atoms with Crippen LogP contribution in [0.4, 0.5) is 0 Å². The fraction of sp³-hybridized carbons (Fsp3) is 1.00. The Labute approximate surface area is 114 Å². The molecule has 0 aromatic rings. The molecule has 108 valence electrons. The Morgan fingerprint density at radius 1 is 1.17 bits per heavy atom. The average Bonchev–Trinajstić information content (AvgIpc) is 2.29. The highest BCUT2D eigenvalue weighted by Crippen LogP contribution is 2.37. The van der Waals surface area contributed by atoms with Crippen LogP contribution >= 0.6 is 0 Å². The molecule has 1 rings (SSSR count). The summed E-state index contributed by atoms with van der Waals surface area (Å²) in [6.45, 7) is 12.1. The number of hydrogen-bond acceptors (Lipinski definition) is 2. The minimum Gasteiger partial charge on any atom is -0.371 e. The molecule has 18 heavy (non-hydrogen) atoms. The molecule has 2 nitrogen and oxygen atoms in total. The highest BCUT2D eigenvalue weighted by Gasteiger charge is 2.36. The van der Waals surface area contributed by atoms with E-state index < -0.39 is 0 Å². The lowest BCUT2D eigenvalue weighted by molar-refractivity contribution is -0.107. The zero-order valence-corrected chi connectivity index (χ0v) is 13.1.